The first-order valence-corrected chi connectivity index (χ1v) is 10.3. The number of nitriles is 1. The Morgan fingerprint density at radius 2 is 1.97 bits per heavy atom. The summed E-state index contributed by atoms with van der Waals surface area (Å²) >= 11 is 0. The number of carbonyl (C=O) groups excluding carboxylic acids is 1. The van der Waals surface area contributed by atoms with E-state index in [1.165, 1.54) is 19.1 Å². The van der Waals surface area contributed by atoms with E-state index in [9.17, 15) is 28.3 Å². The van der Waals surface area contributed by atoms with Crippen LogP contribution in [0.2, 0.25) is 0 Å². The molecule has 2 N–H and O–H groups in total. The van der Waals surface area contributed by atoms with E-state index >= 15 is 0 Å². The lowest BCUT2D eigenvalue weighted by Crippen LogP contribution is -2.49. The summed E-state index contributed by atoms with van der Waals surface area (Å²) in [5.74, 6) is -0.348. The largest absolute Gasteiger partial charge is 0.573 e. The Hall–Kier alpha value is -3.23. The van der Waals surface area contributed by atoms with Gasteiger partial charge in [0, 0.05) is 5.56 Å². The van der Waals surface area contributed by atoms with Crippen molar-refractivity contribution >= 4 is 18.5 Å². The maximum atomic E-state index is 12.6. The fourth-order valence-electron chi connectivity index (χ4n) is 3.70. The number of rotatable bonds is 7. The van der Waals surface area contributed by atoms with Crippen LogP contribution in [0.4, 0.5) is 13.2 Å². The van der Waals surface area contributed by atoms with Gasteiger partial charge < -0.3 is 24.5 Å². The zero-order valence-corrected chi connectivity index (χ0v) is 17.6. The second kappa shape index (κ2) is 8.61. The number of hydrogen-bond acceptors (Lipinski definition) is 6. The van der Waals surface area contributed by atoms with Crippen LogP contribution in [0.1, 0.15) is 47.2 Å². The van der Waals surface area contributed by atoms with Crippen molar-refractivity contribution in [2.75, 3.05) is 6.61 Å². The first-order chi connectivity index (χ1) is 15.6. The fraction of sp³-hybridized carbons (Fsp3) is 0.364. The van der Waals surface area contributed by atoms with Crippen LogP contribution < -0.4 is 20.3 Å². The highest BCUT2D eigenvalue weighted by Gasteiger charge is 2.39. The summed E-state index contributed by atoms with van der Waals surface area (Å²) in [4.78, 5) is 12.6. The van der Waals surface area contributed by atoms with Crippen LogP contribution >= 0.6 is 0 Å². The molecule has 1 fully saturated rings. The molecule has 4 rings (SSSR count). The molecule has 0 spiro atoms. The molecule has 1 amide bonds. The molecule has 33 heavy (non-hydrogen) atoms. The monoisotopic (exact) mass is 460 g/mol. The van der Waals surface area contributed by atoms with Gasteiger partial charge >= 0.3 is 13.5 Å². The van der Waals surface area contributed by atoms with Crippen molar-refractivity contribution in [2.45, 2.75) is 44.2 Å². The van der Waals surface area contributed by atoms with Crippen molar-refractivity contribution < 1.29 is 37.1 Å². The summed E-state index contributed by atoms with van der Waals surface area (Å²) in [5.41, 5.74) is 1.10. The molecule has 1 atom stereocenters. The zero-order valence-electron chi connectivity index (χ0n) is 17.6. The van der Waals surface area contributed by atoms with Crippen molar-refractivity contribution in [1.82, 2.24) is 5.32 Å². The molecule has 2 aliphatic rings. The van der Waals surface area contributed by atoms with Gasteiger partial charge in [0.15, 0.2) is 5.54 Å². The van der Waals surface area contributed by atoms with Gasteiger partial charge in [-0.05, 0) is 72.6 Å². The van der Waals surface area contributed by atoms with Crippen LogP contribution in [-0.4, -0.2) is 36.6 Å². The van der Waals surface area contributed by atoms with E-state index in [4.69, 9.17) is 9.39 Å². The number of fused-ring (bicyclic) bond motifs is 1. The molecular weight excluding hydrogens is 440 g/mol. The van der Waals surface area contributed by atoms with Gasteiger partial charge in [0.1, 0.15) is 18.1 Å². The van der Waals surface area contributed by atoms with Crippen molar-refractivity contribution in [3.05, 3.63) is 53.1 Å². The van der Waals surface area contributed by atoms with Gasteiger partial charge in [-0.25, -0.2) is 0 Å². The van der Waals surface area contributed by atoms with E-state index in [1.54, 1.807) is 12.1 Å². The van der Waals surface area contributed by atoms with Crippen LogP contribution in [0.3, 0.4) is 0 Å². The number of halogens is 3. The molecule has 2 aromatic rings. The summed E-state index contributed by atoms with van der Waals surface area (Å²) in [6.45, 7) is 1.61. The lowest BCUT2D eigenvalue weighted by Gasteiger charge is -2.25. The minimum atomic E-state index is -4.83. The maximum Gasteiger partial charge on any atom is 0.573 e. The third-order valence-corrected chi connectivity index (χ3v) is 5.47. The lowest BCUT2D eigenvalue weighted by molar-refractivity contribution is -0.274. The van der Waals surface area contributed by atoms with E-state index in [0.717, 1.165) is 36.1 Å². The molecule has 1 heterocycles. The fourth-order valence-corrected chi connectivity index (χ4v) is 3.70. The number of nitrogens with one attached hydrogen (secondary N) is 1. The van der Waals surface area contributed by atoms with Crippen LogP contribution in [-0.2, 0) is 11.3 Å². The molecule has 0 bridgehead atoms. The van der Waals surface area contributed by atoms with Gasteiger partial charge in [-0.1, -0.05) is 6.07 Å². The summed E-state index contributed by atoms with van der Waals surface area (Å²) < 4.78 is 51.9. The normalized spacial score (nSPS) is 17.0. The molecule has 0 saturated heterocycles. The number of ether oxygens (including phenoxy) is 2. The molecule has 1 unspecified atom stereocenters. The summed E-state index contributed by atoms with van der Waals surface area (Å²) in [6, 6.07) is 9.96. The summed E-state index contributed by atoms with van der Waals surface area (Å²) in [6.07, 6.45) is -2.92. The Kier molecular flexibility index (Phi) is 5.99. The summed E-state index contributed by atoms with van der Waals surface area (Å²) in [5, 5.41) is 22.4. The smallest absolute Gasteiger partial charge is 0.490 e. The third kappa shape index (κ3) is 5.23. The van der Waals surface area contributed by atoms with Crippen molar-refractivity contribution in [3.8, 4) is 17.6 Å². The number of nitrogens with zero attached hydrogens (tertiary/aromatic N) is 1. The topological polar surface area (TPSA) is 101 Å². The molecule has 11 heteroatoms. The van der Waals surface area contributed by atoms with Crippen LogP contribution in [0.15, 0.2) is 36.4 Å². The van der Waals surface area contributed by atoms with Gasteiger partial charge in [0.2, 0.25) is 0 Å². The van der Waals surface area contributed by atoms with Crippen molar-refractivity contribution in [1.29, 1.82) is 5.26 Å². The Bertz CT molecular complexity index is 1100. The summed E-state index contributed by atoms with van der Waals surface area (Å²) in [7, 11) is -1.02. The highest BCUT2D eigenvalue weighted by atomic mass is 19.4. The molecule has 7 nitrogen and oxygen atoms in total. The zero-order chi connectivity index (χ0) is 23.8. The molecule has 0 aromatic heterocycles. The minimum absolute atomic E-state index is 0.0578. The molecule has 2 aromatic carbocycles. The molecule has 1 aliphatic carbocycles. The van der Waals surface area contributed by atoms with Crippen LogP contribution in [0, 0.1) is 11.3 Å². The highest BCUT2D eigenvalue weighted by Crippen LogP contribution is 2.44. The van der Waals surface area contributed by atoms with E-state index in [0.29, 0.717) is 17.8 Å². The Morgan fingerprint density at radius 1 is 1.27 bits per heavy atom. The molecule has 1 saturated carbocycles. The number of hydrogen-bond donors (Lipinski definition) is 2. The predicted molar refractivity (Wildman–Crippen MR) is 111 cm³/mol. The third-order valence-electron chi connectivity index (χ3n) is 5.47. The molecule has 172 valence electrons. The molecular formula is C22H20BF3N2O5. The van der Waals surface area contributed by atoms with Crippen molar-refractivity contribution in [2.24, 2.45) is 0 Å². The Morgan fingerprint density at radius 3 is 2.58 bits per heavy atom. The van der Waals surface area contributed by atoms with Gasteiger partial charge in [-0.3, -0.25) is 4.79 Å². The standard InChI is InChI=1S/C22H20BF3N2O5/c1-21(11-27,28-20(29)14-4-7-16(8-5-14)33-22(24,25)26)12-31-17-9-6-15-10-32-23(30)19(15)18(17)13-2-3-13/h4-9,13,30H,2-3,10,12H2,1H3,(H,28,29). The van der Waals surface area contributed by atoms with Gasteiger partial charge in [0.05, 0.1) is 12.7 Å². The quantitative estimate of drug-likeness (QED) is 0.617. The van der Waals surface area contributed by atoms with Gasteiger partial charge in [-0.2, -0.15) is 5.26 Å². The Balaban J connectivity index is 1.45. The average molecular weight is 460 g/mol. The number of benzene rings is 2. The second-order valence-electron chi connectivity index (χ2n) is 8.25. The minimum Gasteiger partial charge on any atom is -0.490 e. The predicted octanol–water partition coefficient (Wildman–Crippen LogP) is 2.77. The maximum absolute atomic E-state index is 12.6. The average Bonchev–Trinajstić information content (AvgIpc) is 3.54. The number of amides is 1. The first kappa shape index (κ1) is 23.0. The molecule has 1 aliphatic heterocycles. The lowest BCUT2D eigenvalue weighted by atomic mass is 9.74. The van der Waals surface area contributed by atoms with E-state index < -0.39 is 30.7 Å². The highest BCUT2D eigenvalue weighted by molar-refractivity contribution is 6.62. The van der Waals surface area contributed by atoms with E-state index in [1.807, 2.05) is 6.07 Å². The number of alkyl halides is 3. The second-order valence-corrected chi connectivity index (χ2v) is 8.25. The van der Waals surface area contributed by atoms with Gasteiger partial charge in [-0.15, -0.1) is 13.2 Å². The molecule has 0 radical (unpaired) electrons. The number of carbonyl (C=O) groups is 1. The van der Waals surface area contributed by atoms with Crippen LogP contribution in [0.5, 0.6) is 11.5 Å². The van der Waals surface area contributed by atoms with Crippen LogP contribution in [0.25, 0.3) is 0 Å². The first-order valence-electron chi connectivity index (χ1n) is 10.3. The van der Waals surface area contributed by atoms with Gasteiger partial charge in [0.25, 0.3) is 5.91 Å². The van der Waals surface area contributed by atoms with E-state index in [-0.39, 0.29) is 18.1 Å². The van der Waals surface area contributed by atoms with Crippen molar-refractivity contribution in [3.63, 3.8) is 0 Å². The SMILES string of the molecule is CC(C#N)(COc1ccc2c(c1C1CC1)B(O)OC2)NC(=O)c1ccc(OC(F)(F)F)cc1. The van der Waals surface area contributed by atoms with E-state index in [2.05, 4.69) is 10.1 Å². The Labute approximate surface area is 188 Å².